The van der Waals surface area contributed by atoms with Crippen LogP contribution in [-0.4, -0.2) is 32.0 Å². The topological polar surface area (TPSA) is 84.2 Å². The van der Waals surface area contributed by atoms with Crippen LogP contribution in [0.5, 0.6) is 0 Å². The summed E-state index contributed by atoms with van der Waals surface area (Å²) in [4.78, 5) is 22.1. The van der Waals surface area contributed by atoms with E-state index in [2.05, 4.69) is 10.6 Å². The molecule has 0 radical (unpaired) electrons. The van der Waals surface area contributed by atoms with E-state index < -0.39 is 0 Å². The molecule has 4 N–H and O–H groups in total. The summed E-state index contributed by atoms with van der Waals surface area (Å²) in [5, 5.41) is 5.16. The van der Waals surface area contributed by atoms with E-state index in [-0.39, 0.29) is 17.7 Å². The second kappa shape index (κ2) is 7.32. The molecule has 5 heteroatoms. The SMILES string of the molecule is CNC(=O)CCNC(=O)C(C)CCN. The standard InChI is InChI=1S/C9H19N3O2/c1-7(3-5-10)9(14)12-6-4-8(13)11-2/h7H,3-6,10H2,1-2H3,(H,11,13)(H,12,14). The molecule has 0 spiro atoms. The van der Waals surface area contributed by atoms with Crippen LogP contribution in [0.2, 0.25) is 0 Å². The Morgan fingerprint density at radius 2 is 2.07 bits per heavy atom. The van der Waals surface area contributed by atoms with Crippen LogP contribution in [0.4, 0.5) is 0 Å². The maximum absolute atomic E-state index is 11.3. The van der Waals surface area contributed by atoms with Crippen LogP contribution in [0, 0.1) is 5.92 Å². The molecule has 0 aliphatic rings. The normalized spacial score (nSPS) is 11.9. The third-order valence-corrected chi connectivity index (χ3v) is 1.98. The first-order valence-electron chi connectivity index (χ1n) is 4.80. The van der Waals surface area contributed by atoms with Crippen LogP contribution in [0.1, 0.15) is 19.8 Å². The third kappa shape index (κ3) is 5.53. The lowest BCUT2D eigenvalue weighted by atomic mass is 10.1. The van der Waals surface area contributed by atoms with Gasteiger partial charge in [0.25, 0.3) is 0 Å². The van der Waals surface area contributed by atoms with Crippen molar-refractivity contribution < 1.29 is 9.59 Å². The van der Waals surface area contributed by atoms with Crippen molar-refractivity contribution in [1.29, 1.82) is 0 Å². The summed E-state index contributed by atoms with van der Waals surface area (Å²) in [6.45, 7) is 2.71. The van der Waals surface area contributed by atoms with E-state index in [4.69, 9.17) is 5.73 Å². The van der Waals surface area contributed by atoms with Crippen LogP contribution in [-0.2, 0) is 9.59 Å². The van der Waals surface area contributed by atoms with Gasteiger partial charge >= 0.3 is 0 Å². The highest BCUT2D eigenvalue weighted by atomic mass is 16.2. The number of hydrogen-bond acceptors (Lipinski definition) is 3. The molecule has 0 saturated heterocycles. The molecule has 14 heavy (non-hydrogen) atoms. The first kappa shape index (κ1) is 12.9. The Morgan fingerprint density at radius 1 is 1.43 bits per heavy atom. The van der Waals surface area contributed by atoms with Crippen molar-refractivity contribution in [3.63, 3.8) is 0 Å². The molecule has 1 unspecified atom stereocenters. The first-order valence-corrected chi connectivity index (χ1v) is 4.80. The summed E-state index contributed by atoms with van der Waals surface area (Å²) in [6.07, 6.45) is 0.989. The molecular weight excluding hydrogens is 182 g/mol. The van der Waals surface area contributed by atoms with Gasteiger partial charge in [0.15, 0.2) is 0 Å². The summed E-state index contributed by atoms with van der Waals surface area (Å²) < 4.78 is 0. The molecule has 0 fully saturated rings. The van der Waals surface area contributed by atoms with Gasteiger partial charge in [0.1, 0.15) is 0 Å². The highest BCUT2D eigenvalue weighted by Gasteiger charge is 2.11. The molecule has 0 saturated carbocycles. The van der Waals surface area contributed by atoms with Gasteiger partial charge in [0, 0.05) is 25.9 Å². The van der Waals surface area contributed by atoms with Gasteiger partial charge < -0.3 is 16.4 Å². The van der Waals surface area contributed by atoms with E-state index in [9.17, 15) is 9.59 Å². The Morgan fingerprint density at radius 3 is 2.57 bits per heavy atom. The van der Waals surface area contributed by atoms with Crippen molar-refractivity contribution in [3.8, 4) is 0 Å². The smallest absolute Gasteiger partial charge is 0.222 e. The lowest BCUT2D eigenvalue weighted by Gasteiger charge is -2.10. The molecule has 0 heterocycles. The fourth-order valence-corrected chi connectivity index (χ4v) is 0.980. The minimum Gasteiger partial charge on any atom is -0.359 e. The van der Waals surface area contributed by atoms with E-state index in [1.54, 1.807) is 7.05 Å². The molecule has 2 amide bonds. The molecule has 0 aliphatic carbocycles. The number of amides is 2. The number of carbonyl (C=O) groups is 2. The highest BCUT2D eigenvalue weighted by Crippen LogP contribution is 1.98. The molecule has 1 atom stereocenters. The molecule has 0 aliphatic heterocycles. The van der Waals surface area contributed by atoms with E-state index in [0.29, 0.717) is 25.9 Å². The number of hydrogen-bond donors (Lipinski definition) is 3. The zero-order valence-electron chi connectivity index (χ0n) is 8.80. The molecule has 5 nitrogen and oxygen atoms in total. The van der Waals surface area contributed by atoms with Gasteiger partial charge in [0.2, 0.25) is 11.8 Å². The highest BCUT2D eigenvalue weighted by molar-refractivity contribution is 5.80. The number of nitrogens with one attached hydrogen (secondary N) is 2. The molecule has 0 rings (SSSR count). The van der Waals surface area contributed by atoms with Gasteiger partial charge in [0.05, 0.1) is 0 Å². The van der Waals surface area contributed by atoms with Crippen LogP contribution in [0.25, 0.3) is 0 Å². The zero-order chi connectivity index (χ0) is 11.0. The first-order chi connectivity index (χ1) is 6.61. The van der Waals surface area contributed by atoms with E-state index >= 15 is 0 Å². The van der Waals surface area contributed by atoms with Crippen LogP contribution in [0.15, 0.2) is 0 Å². The molecule has 0 bridgehead atoms. The third-order valence-electron chi connectivity index (χ3n) is 1.98. The summed E-state index contributed by atoms with van der Waals surface area (Å²) in [5.41, 5.74) is 5.32. The average molecular weight is 201 g/mol. The van der Waals surface area contributed by atoms with E-state index in [1.807, 2.05) is 6.92 Å². The molecule has 0 aromatic heterocycles. The van der Waals surface area contributed by atoms with Crippen molar-refractivity contribution in [2.24, 2.45) is 11.7 Å². The van der Waals surface area contributed by atoms with Crippen molar-refractivity contribution in [1.82, 2.24) is 10.6 Å². The van der Waals surface area contributed by atoms with Gasteiger partial charge in [-0.15, -0.1) is 0 Å². The largest absolute Gasteiger partial charge is 0.359 e. The second-order valence-corrected chi connectivity index (χ2v) is 3.19. The zero-order valence-corrected chi connectivity index (χ0v) is 8.80. The number of rotatable bonds is 6. The maximum Gasteiger partial charge on any atom is 0.222 e. The van der Waals surface area contributed by atoms with Crippen molar-refractivity contribution in [3.05, 3.63) is 0 Å². The summed E-state index contributed by atoms with van der Waals surface area (Å²) in [6, 6.07) is 0. The van der Waals surface area contributed by atoms with E-state index in [1.165, 1.54) is 0 Å². The fraction of sp³-hybridized carbons (Fsp3) is 0.778. The summed E-state index contributed by atoms with van der Waals surface area (Å²) in [5.74, 6) is -0.194. The van der Waals surface area contributed by atoms with Gasteiger partial charge in [-0.2, -0.15) is 0 Å². The van der Waals surface area contributed by atoms with Crippen LogP contribution >= 0.6 is 0 Å². The Labute approximate surface area is 84.4 Å². The Bertz CT molecular complexity index is 194. The average Bonchev–Trinajstić information content (AvgIpc) is 2.17. The van der Waals surface area contributed by atoms with Crippen LogP contribution in [0.3, 0.4) is 0 Å². The van der Waals surface area contributed by atoms with Crippen molar-refractivity contribution in [2.75, 3.05) is 20.1 Å². The van der Waals surface area contributed by atoms with Gasteiger partial charge in [-0.05, 0) is 13.0 Å². The predicted octanol–water partition coefficient (Wildman–Crippen LogP) is -0.776. The monoisotopic (exact) mass is 201 g/mol. The molecule has 0 aromatic carbocycles. The predicted molar refractivity (Wildman–Crippen MR) is 54.5 cm³/mol. The number of nitrogens with two attached hydrogens (primary N) is 1. The number of carbonyl (C=O) groups excluding carboxylic acids is 2. The molecule has 0 aromatic rings. The lowest BCUT2D eigenvalue weighted by Crippen LogP contribution is -2.33. The van der Waals surface area contributed by atoms with Gasteiger partial charge in [-0.25, -0.2) is 0 Å². The van der Waals surface area contributed by atoms with Crippen molar-refractivity contribution >= 4 is 11.8 Å². The second-order valence-electron chi connectivity index (χ2n) is 3.19. The summed E-state index contributed by atoms with van der Waals surface area (Å²) >= 11 is 0. The quantitative estimate of drug-likeness (QED) is 0.527. The van der Waals surface area contributed by atoms with Gasteiger partial charge in [-0.1, -0.05) is 6.92 Å². The van der Waals surface area contributed by atoms with Gasteiger partial charge in [-0.3, -0.25) is 9.59 Å². The van der Waals surface area contributed by atoms with E-state index in [0.717, 1.165) is 0 Å². The fourth-order valence-electron chi connectivity index (χ4n) is 0.980. The minimum absolute atomic E-state index is 0.0423. The molecular formula is C9H19N3O2. The Kier molecular flexibility index (Phi) is 6.74. The Hall–Kier alpha value is -1.10. The van der Waals surface area contributed by atoms with Crippen molar-refractivity contribution in [2.45, 2.75) is 19.8 Å². The molecule has 82 valence electrons. The Balaban J connectivity index is 3.58. The minimum atomic E-state index is -0.0790. The lowest BCUT2D eigenvalue weighted by molar-refractivity contribution is -0.125. The summed E-state index contributed by atoms with van der Waals surface area (Å²) in [7, 11) is 1.57. The maximum atomic E-state index is 11.3. The van der Waals surface area contributed by atoms with Crippen LogP contribution < -0.4 is 16.4 Å².